The molecule has 0 saturated carbocycles. The van der Waals surface area contributed by atoms with Crippen LogP contribution in [0.4, 0.5) is 5.69 Å². The van der Waals surface area contributed by atoms with Crippen LogP contribution in [0.1, 0.15) is 39.7 Å². The van der Waals surface area contributed by atoms with Gasteiger partial charge in [-0.25, -0.2) is 0 Å². The fourth-order valence-corrected chi connectivity index (χ4v) is 2.70. The van der Waals surface area contributed by atoms with Gasteiger partial charge < -0.3 is 10.2 Å². The van der Waals surface area contributed by atoms with E-state index >= 15 is 0 Å². The molecule has 1 N–H and O–H groups in total. The molecule has 19 heavy (non-hydrogen) atoms. The Morgan fingerprint density at radius 2 is 1.95 bits per heavy atom. The topological polar surface area (TPSA) is 15.3 Å². The minimum atomic E-state index is 0.551. The molecule has 0 fully saturated rings. The molecule has 0 amide bonds. The molecule has 1 unspecified atom stereocenters. The minimum Gasteiger partial charge on any atom is -0.372 e. The maximum Gasteiger partial charge on any atom is 0.0422 e. The van der Waals surface area contributed by atoms with E-state index in [9.17, 15) is 0 Å². The lowest BCUT2D eigenvalue weighted by atomic mass is 10.0. The molecule has 0 spiro atoms. The maximum atomic E-state index is 3.59. The number of benzene rings is 1. The smallest absolute Gasteiger partial charge is 0.0422 e. The molecular formula is C16H27BrN2. The number of hydrogen-bond acceptors (Lipinski definition) is 2. The molecule has 0 aliphatic carbocycles. The molecular weight excluding hydrogens is 300 g/mol. The Morgan fingerprint density at radius 1 is 1.26 bits per heavy atom. The Balaban J connectivity index is 2.92. The van der Waals surface area contributed by atoms with Crippen molar-refractivity contribution in [2.75, 3.05) is 18.5 Å². The third-order valence-electron chi connectivity index (χ3n) is 3.47. The first-order valence-corrected chi connectivity index (χ1v) is 7.97. The van der Waals surface area contributed by atoms with Gasteiger partial charge in [0.2, 0.25) is 0 Å². The third-order valence-corrected chi connectivity index (χ3v) is 3.96. The number of nitrogens with zero attached hydrogens (tertiary/aromatic N) is 1. The highest BCUT2D eigenvalue weighted by Gasteiger charge is 2.15. The van der Waals surface area contributed by atoms with Crippen molar-refractivity contribution in [3.8, 4) is 0 Å². The molecule has 0 aromatic heterocycles. The van der Waals surface area contributed by atoms with Crippen LogP contribution in [0.3, 0.4) is 0 Å². The summed E-state index contributed by atoms with van der Waals surface area (Å²) < 4.78 is 1.14. The molecule has 0 bridgehead atoms. The molecule has 108 valence electrons. The number of rotatable bonds is 7. The SMILES string of the molecule is CCNCc1ccc(Br)cc1N(C)C(C)CC(C)C. The summed E-state index contributed by atoms with van der Waals surface area (Å²) >= 11 is 3.59. The molecule has 0 saturated heterocycles. The normalized spacial score (nSPS) is 12.8. The molecule has 0 heterocycles. The third kappa shape index (κ3) is 5.15. The van der Waals surface area contributed by atoms with Crippen LogP contribution < -0.4 is 10.2 Å². The van der Waals surface area contributed by atoms with Gasteiger partial charge in [-0.05, 0) is 43.5 Å². The maximum absolute atomic E-state index is 3.59. The molecule has 1 aromatic carbocycles. The Kier molecular flexibility index (Phi) is 6.87. The summed E-state index contributed by atoms with van der Waals surface area (Å²) in [5, 5.41) is 3.42. The summed E-state index contributed by atoms with van der Waals surface area (Å²) in [7, 11) is 2.20. The van der Waals surface area contributed by atoms with E-state index in [1.54, 1.807) is 0 Å². The highest BCUT2D eigenvalue weighted by atomic mass is 79.9. The van der Waals surface area contributed by atoms with Crippen molar-refractivity contribution in [2.24, 2.45) is 5.92 Å². The van der Waals surface area contributed by atoms with E-state index in [1.807, 2.05) is 0 Å². The lowest BCUT2D eigenvalue weighted by Gasteiger charge is -2.30. The van der Waals surface area contributed by atoms with Gasteiger partial charge in [0, 0.05) is 29.8 Å². The second-order valence-electron chi connectivity index (χ2n) is 5.64. The van der Waals surface area contributed by atoms with Crippen LogP contribution in [0.25, 0.3) is 0 Å². The first-order chi connectivity index (χ1) is 8.95. The molecule has 3 heteroatoms. The zero-order valence-electron chi connectivity index (χ0n) is 12.8. The lowest BCUT2D eigenvalue weighted by Crippen LogP contribution is -2.31. The molecule has 1 aromatic rings. The van der Waals surface area contributed by atoms with Crippen molar-refractivity contribution in [1.29, 1.82) is 0 Å². The summed E-state index contributed by atoms with van der Waals surface area (Å²) in [6, 6.07) is 7.11. The van der Waals surface area contributed by atoms with E-state index in [0.29, 0.717) is 6.04 Å². The van der Waals surface area contributed by atoms with E-state index in [2.05, 4.69) is 79.1 Å². The van der Waals surface area contributed by atoms with Crippen molar-refractivity contribution < 1.29 is 0 Å². The van der Waals surface area contributed by atoms with Crippen LogP contribution >= 0.6 is 15.9 Å². The molecule has 0 aliphatic rings. The molecule has 0 aliphatic heterocycles. The summed E-state index contributed by atoms with van der Waals surface area (Å²) in [6.45, 7) is 10.9. The molecule has 1 rings (SSSR count). The van der Waals surface area contributed by atoms with Crippen LogP contribution in [0.2, 0.25) is 0 Å². The van der Waals surface area contributed by atoms with Crippen molar-refractivity contribution in [3.05, 3.63) is 28.2 Å². The fraction of sp³-hybridized carbons (Fsp3) is 0.625. The van der Waals surface area contributed by atoms with Gasteiger partial charge in [0.1, 0.15) is 0 Å². The van der Waals surface area contributed by atoms with Crippen molar-refractivity contribution in [3.63, 3.8) is 0 Å². The van der Waals surface area contributed by atoms with Crippen molar-refractivity contribution in [1.82, 2.24) is 5.32 Å². The number of anilines is 1. The van der Waals surface area contributed by atoms with E-state index in [0.717, 1.165) is 23.5 Å². The average molecular weight is 327 g/mol. The Bertz CT molecular complexity index is 390. The highest BCUT2D eigenvalue weighted by Crippen LogP contribution is 2.27. The Morgan fingerprint density at radius 3 is 2.53 bits per heavy atom. The second-order valence-corrected chi connectivity index (χ2v) is 6.56. The predicted molar refractivity (Wildman–Crippen MR) is 88.8 cm³/mol. The van der Waals surface area contributed by atoms with Gasteiger partial charge in [-0.15, -0.1) is 0 Å². The number of hydrogen-bond donors (Lipinski definition) is 1. The van der Waals surface area contributed by atoms with E-state index < -0.39 is 0 Å². The molecule has 1 atom stereocenters. The largest absolute Gasteiger partial charge is 0.372 e. The molecule has 0 radical (unpaired) electrons. The van der Waals surface area contributed by atoms with Crippen LogP contribution in [0.5, 0.6) is 0 Å². The van der Waals surface area contributed by atoms with Crippen LogP contribution in [-0.4, -0.2) is 19.6 Å². The van der Waals surface area contributed by atoms with Gasteiger partial charge >= 0.3 is 0 Å². The van der Waals surface area contributed by atoms with E-state index in [4.69, 9.17) is 0 Å². The second kappa shape index (κ2) is 7.91. The molecule has 2 nitrogen and oxygen atoms in total. The summed E-state index contributed by atoms with van der Waals surface area (Å²) in [5.41, 5.74) is 2.69. The Hall–Kier alpha value is -0.540. The van der Waals surface area contributed by atoms with Gasteiger partial charge in [-0.3, -0.25) is 0 Å². The Labute approximate surface area is 126 Å². The highest BCUT2D eigenvalue weighted by molar-refractivity contribution is 9.10. The van der Waals surface area contributed by atoms with Gasteiger partial charge in [0.15, 0.2) is 0 Å². The zero-order valence-corrected chi connectivity index (χ0v) is 14.4. The van der Waals surface area contributed by atoms with Crippen LogP contribution in [-0.2, 0) is 6.54 Å². The summed E-state index contributed by atoms with van der Waals surface area (Å²) in [5.74, 6) is 0.724. The lowest BCUT2D eigenvalue weighted by molar-refractivity contribution is 0.503. The van der Waals surface area contributed by atoms with E-state index in [1.165, 1.54) is 17.7 Å². The first-order valence-electron chi connectivity index (χ1n) is 7.17. The van der Waals surface area contributed by atoms with Crippen molar-refractivity contribution >= 4 is 21.6 Å². The van der Waals surface area contributed by atoms with Crippen molar-refractivity contribution in [2.45, 2.75) is 46.7 Å². The monoisotopic (exact) mass is 326 g/mol. The quantitative estimate of drug-likeness (QED) is 0.797. The number of nitrogens with one attached hydrogen (secondary N) is 1. The summed E-state index contributed by atoms with van der Waals surface area (Å²) in [6.07, 6.45) is 1.21. The van der Waals surface area contributed by atoms with E-state index in [-0.39, 0.29) is 0 Å². The van der Waals surface area contributed by atoms with Gasteiger partial charge in [0.25, 0.3) is 0 Å². The minimum absolute atomic E-state index is 0.551. The summed E-state index contributed by atoms with van der Waals surface area (Å²) in [4.78, 5) is 2.40. The van der Waals surface area contributed by atoms with Crippen LogP contribution in [0.15, 0.2) is 22.7 Å². The first kappa shape index (κ1) is 16.5. The van der Waals surface area contributed by atoms with Gasteiger partial charge in [0.05, 0.1) is 0 Å². The fourth-order valence-electron chi connectivity index (χ4n) is 2.35. The van der Waals surface area contributed by atoms with Gasteiger partial charge in [-0.1, -0.05) is 42.8 Å². The average Bonchev–Trinajstić information content (AvgIpc) is 2.35. The zero-order chi connectivity index (χ0) is 14.4. The standard InChI is InChI=1S/C16H27BrN2/c1-6-18-11-14-7-8-15(17)10-16(14)19(5)13(4)9-12(2)3/h7-8,10,12-13,18H,6,9,11H2,1-5H3. The van der Waals surface area contributed by atoms with Crippen LogP contribution in [0, 0.1) is 5.92 Å². The number of halogens is 1. The van der Waals surface area contributed by atoms with Gasteiger partial charge in [-0.2, -0.15) is 0 Å². The predicted octanol–water partition coefficient (Wildman–Crippen LogP) is 4.43.